The molecule has 2 aromatic carbocycles. The van der Waals surface area contributed by atoms with E-state index in [0.29, 0.717) is 6.04 Å². The lowest BCUT2D eigenvalue weighted by atomic mass is 10.0. The highest BCUT2D eigenvalue weighted by Gasteiger charge is 2.36. The molecular weight excluding hydrogens is 206 g/mol. The van der Waals surface area contributed by atoms with Crippen LogP contribution < -0.4 is 4.90 Å². The average molecular weight is 219 g/mol. The average Bonchev–Trinajstić information content (AvgIpc) is 2.88. The molecule has 0 N–H and O–H groups in total. The standard InChI is InChI=1S/C16H13N/c1-17-15-9-5-4-8-13(15)14-10-11-6-2-3-7-12(11)16(14)17/h2-10,16H,1H3. The molecule has 0 saturated heterocycles. The molecule has 82 valence electrons. The third-order valence-corrected chi connectivity index (χ3v) is 3.88. The molecular formula is C16H13N. The summed E-state index contributed by atoms with van der Waals surface area (Å²) in [6.45, 7) is 0. The quantitative estimate of drug-likeness (QED) is 0.652. The van der Waals surface area contributed by atoms with Crippen molar-refractivity contribution < 1.29 is 0 Å². The van der Waals surface area contributed by atoms with E-state index in [1.54, 1.807) is 0 Å². The first-order valence-electron chi connectivity index (χ1n) is 5.99. The number of nitrogens with zero attached hydrogens (tertiary/aromatic N) is 1. The van der Waals surface area contributed by atoms with E-state index in [1.807, 2.05) is 0 Å². The number of fused-ring (bicyclic) bond motifs is 5. The molecule has 0 aromatic heterocycles. The Labute approximate surface area is 101 Å². The fourth-order valence-corrected chi connectivity index (χ4v) is 3.11. The normalized spacial score (nSPS) is 19.7. The number of hydrogen-bond acceptors (Lipinski definition) is 1. The molecule has 0 amide bonds. The number of hydrogen-bond donors (Lipinski definition) is 0. The summed E-state index contributed by atoms with van der Waals surface area (Å²) in [7, 11) is 2.19. The second-order valence-electron chi connectivity index (χ2n) is 4.76. The van der Waals surface area contributed by atoms with Crippen LogP contribution in [0.15, 0.2) is 48.5 Å². The largest absolute Gasteiger partial charge is 0.363 e. The van der Waals surface area contributed by atoms with Crippen LogP contribution in [-0.2, 0) is 0 Å². The molecule has 17 heavy (non-hydrogen) atoms. The van der Waals surface area contributed by atoms with Gasteiger partial charge in [0.1, 0.15) is 0 Å². The molecule has 0 saturated carbocycles. The van der Waals surface area contributed by atoms with Crippen LogP contribution in [-0.4, -0.2) is 7.05 Å². The van der Waals surface area contributed by atoms with Crippen LogP contribution in [0.2, 0.25) is 0 Å². The molecule has 1 heterocycles. The van der Waals surface area contributed by atoms with Crippen molar-refractivity contribution in [3.63, 3.8) is 0 Å². The first kappa shape index (κ1) is 9.06. The molecule has 1 heteroatoms. The maximum Gasteiger partial charge on any atom is 0.0805 e. The maximum absolute atomic E-state index is 2.38. The lowest BCUT2D eigenvalue weighted by molar-refractivity contribution is 0.870. The predicted octanol–water partition coefficient (Wildman–Crippen LogP) is 3.73. The monoisotopic (exact) mass is 219 g/mol. The van der Waals surface area contributed by atoms with Gasteiger partial charge in [-0.2, -0.15) is 0 Å². The SMILES string of the molecule is CN1c2ccccc2C2=Cc3ccccc3C21. The molecule has 2 aromatic rings. The molecule has 1 nitrogen and oxygen atoms in total. The number of likely N-dealkylation sites (N-methyl/N-ethyl adjacent to an activating group) is 1. The van der Waals surface area contributed by atoms with Crippen molar-refractivity contribution in [3.8, 4) is 0 Å². The Bertz CT molecular complexity index is 639. The van der Waals surface area contributed by atoms with E-state index in [-0.39, 0.29) is 0 Å². The lowest BCUT2D eigenvalue weighted by Crippen LogP contribution is -2.17. The second kappa shape index (κ2) is 3.01. The smallest absolute Gasteiger partial charge is 0.0805 e. The van der Waals surface area contributed by atoms with Gasteiger partial charge in [0, 0.05) is 18.3 Å². The second-order valence-corrected chi connectivity index (χ2v) is 4.76. The van der Waals surface area contributed by atoms with Crippen molar-refractivity contribution in [3.05, 3.63) is 65.2 Å². The number of rotatable bonds is 0. The zero-order valence-electron chi connectivity index (χ0n) is 9.72. The Morgan fingerprint density at radius 2 is 1.71 bits per heavy atom. The van der Waals surface area contributed by atoms with Gasteiger partial charge in [-0.1, -0.05) is 42.5 Å². The summed E-state index contributed by atoms with van der Waals surface area (Å²) in [4.78, 5) is 2.38. The van der Waals surface area contributed by atoms with Crippen molar-refractivity contribution >= 4 is 17.3 Å². The van der Waals surface area contributed by atoms with Gasteiger partial charge in [0.15, 0.2) is 0 Å². The van der Waals surface area contributed by atoms with Gasteiger partial charge >= 0.3 is 0 Å². The highest BCUT2D eigenvalue weighted by Crippen LogP contribution is 2.52. The van der Waals surface area contributed by atoms with Crippen LogP contribution in [0.3, 0.4) is 0 Å². The van der Waals surface area contributed by atoms with E-state index in [2.05, 4.69) is 66.6 Å². The van der Waals surface area contributed by atoms with Crippen LogP contribution in [0, 0.1) is 0 Å². The highest BCUT2D eigenvalue weighted by molar-refractivity contribution is 6.00. The van der Waals surface area contributed by atoms with Crippen molar-refractivity contribution in [2.24, 2.45) is 0 Å². The molecule has 2 aliphatic rings. The Morgan fingerprint density at radius 1 is 0.941 bits per heavy atom. The Balaban J connectivity index is 2.00. The van der Waals surface area contributed by atoms with Crippen molar-refractivity contribution in [2.75, 3.05) is 11.9 Å². The predicted molar refractivity (Wildman–Crippen MR) is 71.9 cm³/mol. The molecule has 0 radical (unpaired) electrons. The number of benzene rings is 2. The van der Waals surface area contributed by atoms with Crippen LogP contribution in [0.25, 0.3) is 11.6 Å². The van der Waals surface area contributed by atoms with Gasteiger partial charge in [0.25, 0.3) is 0 Å². The Kier molecular flexibility index (Phi) is 1.60. The van der Waals surface area contributed by atoms with Crippen molar-refractivity contribution in [1.29, 1.82) is 0 Å². The summed E-state index contributed by atoms with van der Waals surface area (Å²) in [5, 5.41) is 0. The van der Waals surface area contributed by atoms with Crippen LogP contribution in [0.5, 0.6) is 0 Å². The summed E-state index contributed by atoms with van der Waals surface area (Å²) >= 11 is 0. The van der Waals surface area contributed by atoms with Gasteiger partial charge in [-0.15, -0.1) is 0 Å². The molecule has 1 unspecified atom stereocenters. The van der Waals surface area contributed by atoms with Crippen molar-refractivity contribution in [2.45, 2.75) is 6.04 Å². The number of anilines is 1. The van der Waals surface area contributed by atoms with E-state index in [1.165, 1.54) is 28.0 Å². The minimum Gasteiger partial charge on any atom is -0.363 e. The summed E-state index contributed by atoms with van der Waals surface area (Å²) in [5.41, 5.74) is 6.98. The van der Waals surface area contributed by atoms with Crippen LogP contribution in [0.4, 0.5) is 5.69 Å². The number of para-hydroxylation sites is 1. The minimum atomic E-state index is 0.420. The molecule has 0 spiro atoms. The lowest BCUT2D eigenvalue weighted by Gasteiger charge is -2.21. The topological polar surface area (TPSA) is 3.24 Å². The summed E-state index contributed by atoms with van der Waals surface area (Å²) in [6.07, 6.45) is 2.34. The van der Waals surface area contributed by atoms with Gasteiger partial charge in [0.05, 0.1) is 6.04 Å². The molecule has 1 aliphatic carbocycles. The molecule has 0 bridgehead atoms. The summed E-state index contributed by atoms with van der Waals surface area (Å²) < 4.78 is 0. The van der Waals surface area contributed by atoms with Gasteiger partial charge in [-0.05, 0) is 28.8 Å². The minimum absolute atomic E-state index is 0.420. The van der Waals surface area contributed by atoms with E-state index in [0.717, 1.165) is 0 Å². The fourth-order valence-electron chi connectivity index (χ4n) is 3.11. The van der Waals surface area contributed by atoms with Gasteiger partial charge in [0.2, 0.25) is 0 Å². The van der Waals surface area contributed by atoms with E-state index in [4.69, 9.17) is 0 Å². The zero-order valence-corrected chi connectivity index (χ0v) is 9.72. The molecule has 1 aliphatic heterocycles. The van der Waals surface area contributed by atoms with Crippen LogP contribution >= 0.6 is 0 Å². The third-order valence-electron chi connectivity index (χ3n) is 3.88. The van der Waals surface area contributed by atoms with Gasteiger partial charge < -0.3 is 4.90 Å². The molecule has 1 atom stereocenters. The van der Waals surface area contributed by atoms with E-state index in [9.17, 15) is 0 Å². The first-order valence-corrected chi connectivity index (χ1v) is 5.99. The fraction of sp³-hybridized carbons (Fsp3) is 0.125. The third kappa shape index (κ3) is 1.04. The van der Waals surface area contributed by atoms with Gasteiger partial charge in [-0.3, -0.25) is 0 Å². The summed E-state index contributed by atoms with van der Waals surface area (Å²) in [5.74, 6) is 0. The van der Waals surface area contributed by atoms with Crippen LogP contribution in [0.1, 0.15) is 22.7 Å². The molecule has 0 fully saturated rings. The Hall–Kier alpha value is -2.02. The zero-order chi connectivity index (χ0) is 11.4. The van der Waals surface area contributed by atoms with E-state index < -0.39 is 0 Å². The molecule has 4 rings (SSSR count). The van der Waals surface area contributed by atoms with Crippen molar-refractivity contribution in [1.82, 2.24) is 0 Å². The van der Waals surface area contributed by atoms with E-state index >= 15 is 0 Å². The summed E-state index contributed by atoms with van der Waals surface area (Å²) in [6, 6.07) is 17.8. The Morgan fingerprint density at radius 3 is 2.65 bits per heavy atom. The first-order chi connectivity index (χ1) is 8.36. The highest BCUT2D eigenvalue weighted by atomic mass is 15.2. The maximum atomic E-state index is 2.38. The van der Waals surface area contributed by atoms with Gasteiger partial charge in [-0.25, -0.2) is 0 Å².